The quantitative estimate of drug-likeness (QED) is 0.599. The average Bonchev–Trinajstić information content (AvgIpc) is 2.70. The van der Waals surface area contributed by atoms with E-state index in [-0.39, 0.29) is 5.41 Å². The van der Waals surface area contributed by atoms with Crippen LogP contribution in [0.2, 0.25) is 0 Å². The van der Waals surface area contributed by atoms with Crippen molar-refractivity contribution in [1.82, 2.24) is 4.72 Å². The van der Waals surface area contributed by atoms with Gasteiger partial charge in [0, 0.05) is 29.9 Å². The van der Waals surface area contributed by atoms with Gasteiger partial charge in [0.1, 0.15) is 5.75 Å². The molecule has 2 aromatic rings. The van der Waals surface area contributed by atoms with E-state index in [1.54, 1.807) is 31.4 Å². The maximum Gasteiger partial charge on any atom is 0.301 e. The second-order valence-electron chi connectivity index (χ2n) is 9.02. The summed E-state index contributed by atoms with van der Waals surface area (Å²) < 4.78 is 60.2. The maximum absolute atomic E-state index is 12.6. The SMILES string of the molecule is COc1c(/C=C/c2ccc(NS(C)(=O)=O)cc2)cc(N2CCCNS2(=O)=O)cc1C(C)(C)C. The van der Waals surface area contributed by atoms with Gasteiger partial charge in [-0.25, -0.2) is 8.42 Å². The first-order valence-electron chi connectivity index (χ1n) is 10.6. The highest BCUT2D eigenvalue weighted by Gasteiger charge is 2.29. The van der Waals surface area contributed by atoms with Gasteiger partial charge in [0.2, 0.25) is 10.0 Å². The number of benzene rings is 2. The largest absolute Gasteiger partial charge is 0.496 e. The monoisotopic (exact) mass is 493 g/mol. The van der Waals surface area contributed by atoms with Crippen LogP contribution in [0.15, 0.2) is 36.4 Å². The Morgan fingerprint density at radius 3 is 2.33 bits per heavy atom. The second-order valence-corrected chi connectivity index (χ2v) is 12.4. The molecule has 1 saturated heterocycles. The smallest absolute Gasteiger partial charge is 0.301 e. The van der Waals surface area contributed by atoms with Gasteiger partial charge in [-0.2, -0.15) is 13.1 Å². The van der Waals surface area contributed by atoms with Gasteiger partial charge in [-0.1, -0.05) is 45.1 Å². The van der Waals surface area contributed by atoms with Crippen LogP contribution in [0.1, 0.15) is 43.9 Å². The molecular weight excluding hydrogens is 462 g/mol. The van der Waals surface area contributed by atoms with Gasteiger partial charge >= 0.3 is 10.2 Å². The lowest BCUT2D eigenvalue weighted by atomic mass is 9.84. The van der Waals surface area contributed by atoms with Crippen molar-refractivity contribution in [1.29, 1.82) is 0 Å². The molecule has 2 aromatic carbocycles. The molecule has 3 rings (SSSR count). The van der Waals surface area contributed by atoms with Gasteiger partial charge < -0.3 is 4.74 Å². The molecule has 1 heterocycles. The van der Waals surface area contributed by atoms with Crippen molar-refractivity contribution in [2.24, 2.45) is 0 Å². The molecule has 0 unspecified atom stereocenters. The number of nitrogens with zero attached hydrogens (tertiary/aromatic N) is 1. The first-order chi connectivity index (χ1) is 15.3. The van der Waals surface area contributed by atoms with Crippen molar-refractivity contribution in [3.63, 3.8) is 0 Å². The Labute approximate surface area is 196 Å². The molecule has 33 heavy (non-hydrogen) atoms. The van der Waals surface area contributed by atoms with Crippen LogP contribution in [0.5, 0.6) is 5.75 Å². The van der Waals surface area contributed by atoms with Crippen LogP contribution in [0.3, 0.4) is 0 Å². The zero-order chi connectivity index (χ0) is 24.4. The zero-order valence-electron chi connectivity index (χ0n) is 19.5. The number of rotatable bonds is 6. The van der Waals surface area contributed by atoms with Crippen LogP contribution >= 0.6 is 0 Å². The van der Waals surface area contributed by atoms with Crippen molar-refractivity contribution >= 4 is 43.8 Å². The van der Waals surface area contributed by atoms with Crippen molar-refractivity contribution in [2.45, 2.75) is 32.6 Å². The van der Waals surface area contributed by atoms with E-state index in [2.05, 4.69) is 30.2 Å². The molecule has 0 radical (unpaired) electrons. The van der Waals surface area contributed by atoms with Gasteiger partial charge in [0.25, 0.3) is 0 Å². The number of methoxy groups -OCH3 is 1. The zero-order valence-corrected chi connectivity index (χ0v) is 21.2. The van der Waals surface area contributed by atoms with E-state index in [1.807, 2.05) is 24.3 Å². The predicted octanol–water partition coefficient (Wildman–Crippen LogP) is 3.58. The van der Waals surface area contributed by atoms with Crippen LogP contribution in [0.4, 0.5) is 11.4 Å². The first-order valence-corrected chi connectivity index (χ1v) is 13.9. The molecule has 0 aromatic heterocycles. The van der Waals surface area contributed by atoms with Gasteiger partial charge in [-0.05, 0) is 41.7 Å². The van der Waals surface area contributed by atoms with Crippen molar-refractivity contribution in [3.05, 3.63) is 53.1 Å². The molecule has 0 amide bonds. The van der Waals surface area contributed by atoms with E-state index in [1.165, 1.54) is 4.31 Å². The van der Waals surface area contributed by atoms with Crippen LogP contribution < -0.4 is 18.5 Å². The lowest BCUT2D eigenvalue weighted by Gasteiger charge is -2.31. The fourth-order valence-electron chi connectivity index (χ4n) is 3.64. The summed E-state index contributed by atoms with van der Waals surface area (Å²) in [4.78, 5) is 0. The fraction of sp³-hybridized carbons (Fsp3) is 0.391. The Hall–Kier alpha value is -2.56. The first kappa shape index (κ1) is 25.1. The van der Waals surface area contributed by atoms with Gasteiger partial charge in [-0.3, -0.25) is 9.03 Å². The standard InChI is InChI=1S/C23H31N3O5S2/c1-23(2,3)21-16-20(26-14-6-13-24-33(26,29)30)15-18(22(21)31-4)10-7-17-8-11-19(12-9-17)25-32(5,27)28/h7-12,15-16,24-25H,6,13-14H2,1-5H3/b10-7+. The summed E-state index contributed by atoms with van der Waals surface area (Å²) in [6, 6.07) is 10.6. The van der Waals surface area contributed by atoms with Crippen LogP contribution in [-0.2, 0) is 25.6 Å². The molecule has 2 N–H and O–H groups in total. The van der Waals surface area contributed by atoms with E-state index in [0.717, 1.165) is 29.4 Å². The lowest BCUT2D eigenvalue weighted by Crippen LogP contribution is -2.47. The summed E-state index contributed by atoms with van der Waals surface area (Å²) in [6.45, 7) is 7.00. The van der Waals surface area contributed by atoms with Gasteiger partial charge in [-0.15, -0.1) is 0 Å². The molecule has 10 heteroatoms. The Kier molecular flexibility index (Phi) is 7.11. The highest BCUT2D eigenvalue weighted by Crippen LogP contribution is 2.39. The number of sulfonamides is 1. The van der Waals surface area contributed by atoms with Gasteiger partial charge in [0.05, 0.1) is 19.1 Å². The van der Waals surface area contributed by atoms with Crippen LogP contribution in [0.25, 0.3) is 12.2 Å². The molecule has 1 fully saturated rings. The normalized spacial score (nSPS) is 16.7. The average molecular weight is 494 g/mol. The highest BCUT2D eigenvalue weighted by molar-refractivity contribution is 7.92. The van der Waals surface area contributed by atoms with Gasteiger partial charge in [0.15, 0.2) is 0 Å². The van der Waals surface area contributed by atoms with E-state index < -0.39 is 20.2 Å². The molecular formula is C23H31N3O5S2. The van der Waals surface area contributed by atoms with Crippen LogP contribution in [0, 0.1) is 0 Å². The predicted molar refractivity (Wildman–Crippen MR) is 134 cm³/mol. The number of anilines is 2. The minimum Gasteiger partial charge on any atom is -0.496 e. The third-order valence-corrected chi connectivity index (χ3v) is 7.33. The summed E-state index contributed by atoms with van der Waals surface area (Å²) in [5.74, 6) is 0.681. The minimum absolute atomic E-state index is 0.282. The molecule has 0 bridgehead atoms. The van der Waals surface area contributed by atoms with Crippen LogP contribution in [-0.4, -0.2) is 43.3 Å². The number of hydrogen-bond donors (Lipinski definition) is 2. The summed E-state index contributed by atoms with van der Waals surface area (Å²) in [6.07, 6.45) is 5.57. The maximum atomic E-state index is 12.6. The lowest BCUT2D eigenvalue weighted by molar-refractivity contribution is 0.396. The molecule has 0 aliphatic carbocycles. The van der Waals surface area contributed by atoms with E-state index >= 15 is 0 Å². The topological polar surface area (TPSA) is 105 Å². The third-order valence-electron chi connectivity index (χ3n) is 5.18. The second kappa shape index (κ2) is 9.36. The van der Waals surface area contributed by atoms with Crippen molar-refractivity contribution in [2.75, 3.05) is 35.5 Å². The number of ether oxygens (including phenoxy) is 1. The Balaban J connectivity index is 2.04. The molecule has 1 aliphatic heterocycles. The molecule has 8 nitrogen and oxygen atoms in total. The fourth-order valence-corrected chi connectivity index (χ4v) is 5.52. The van der Waals surface area contributed by atoms with E-state index in [9.17, 15) is 16.8 Å². The van der Waals surface area contributed by atoms with E-state index in [4.69, 9.17) is 4.74 Å². The molecule has 0 atom stereocenters. The summed E-state index contributed by atoms with van der Waals surface area (Å²) in [5, 5.41) is 0. The molecule has 0 saturated carbocycles. The number of hydrogen-bond acceptors (Lipinski definition) is 5. The Morgan fingerprint density at radius 2 is 1.79 bits per heavy atom. The minimum atomic E-state index is -3.60. The molecule has 1 aliphatic rings. The molecule has 180 valence electrons. The molecule has 0 spiro atoms. The summed E-state index contributed by atoms with van der Waals surface area (Å²) in [7, 11) is -5.34. The third kappa shape index (κ3) is 6.27. The number of nitrogens with one attached hydrogen (secondary N) is 2. The highest BCUT2D eigenvalue weighted by atomic mass is 32.2. The Morgan fingerprint density at radius 1 is 1.12 bits per heavy atom. The van der Waals surface area contributed by atoms with Crippen molar-refractivity contribution in [3.8, 4) is 5.75 Å². The van der Waals surface area contributed by atoms with E-state index in [0.29, 0.717) is 30.2 Å². The van der Waals surface area contributed by atoms with Crippen molar-refractivity contribution < 1.29 is 21.6 Å². The Bertz CT molecular complexity index is 1250. The summed E-state index contributed by atoms with van der Waals surface area (Å²) >= 11 is 0. The summed E-state index contributed by atoms with van der Waals surface area (Å²) in [5.41, 5.74) is 3.28.